The number of nitrogens with zero attached hydrogens (tertiary/aromatic N) is 3. The number of sulfonamides is 1. The summed E-state index contributed by atoms with van der Waals surface area (Å²) in [5.41, 5.74) is 1.58. The first-order valence-electron chi connectivity index (χ1n) is 10.5. The van der Waals surface area contributed by atoms with E-state index in [0.717, 1.165) is 31.2 Å². The third kappa shape index (κ3) is 4.97. The Bertz CT molecular complexity index is 1200. The minimum absolute atomic E-state index is 0.0604. The van der Waals surface area contributed by atoms with Crippen LogP contribution in [0.15, 0.2) is 66.1 Å². The molecule has 32 heavy (non-hydrogen) atoms. The largest absolute Gasteiger partial charge is 0.349 e. The number of halogens is 1. The van der Waals surface area contributed by atoms with Crippen LogP contribution < -0.4 is 9.62 Å². The molecule has 1 heterocycles. The van der Waals surface area contributed by atoms with Crippen molar-refractivity contribution in [1.29, 1.82) is 0 Å². The lowest BCUT2D eigenvalue weighted by Gasteiger charge is -2.24. The molecule has 9 heteroatoms. The highest BCUT2D eigenvalue weighted by molar-refractivity contribution is 7.92. The summed E-state index contributed by atoms with van der Waals surface area (Å²) in [7, 11) is -2.26. The predicted octanol–water partition coefficient (Wildman–Crippen LogP) is 4.14. The van der Waals surface area contributed by atoms with Crippen LogP contribution in [0.1, 0.15) is 41.6 Å². The van der Waals surface area contributed by atoms with Crippen molar-refractivity contribution in [3.05, 3.63) is 77.2 Å². The maximum absolute atomic E-state index is 13.5. The number of carbonyl (C=O) groups excluding carboxylic acids is 1. The quantitative estimate of drug-likeness (QED) is 0.560. The van der Waals surface area contributed by atoms with E-state index in [9.17, 15) is 13.2 Å². The molecular formula is C23H25ClN4O3S. The van der Waals surface area contributed by atoms with Crippen LogP contribution in [-0.4, -0.2) is 29.9 Å². The summed E-state index contributed by atoms with van der Waals surface area (Å²) in [6.45, 7) is 0.0732. The Balaban J connectivity index is 1.69. The van der Waals surface area contributed by atoms with Crippen LogP contribution in [0.25, 0.3) is 0 Å². The molecule has 168 valence electrons. The second kappa shape index (κ2) is 9.34. The Morgan fingerprint density at radius 2 is 1.91 bits per heavy atom. The SMILES string of the molecule is Cn1cnc(S(=O)(=O)N(Cc2ccc(Cl)cc2)c2cccc(C(=O)NC3CCCC3)c2)c1. The fraction of sp³-hybridized carbons (Fsp3) is 0.304. The molecule has 0 bridgehead atoms. The maximum Gasteiger partial charge on any atom is 0.283 e. The highest BCUT2D eigenvalue weighted by Crippen LogP contribution is 2.27. The standard InChI is InChI=1S/C23H25ClN4O3S/c1-27-15-22(25-16-27)32(30,31)28(14-17-9-11-19(24)12-10-17)21-8-4-5-18(13-21)23(29)26-20-6-2-3-7-20/h4-5,8-13,15-16,20H,2-3,6-7,14H2,1H3,(H,26,29). The van der Waals surface area contributed by atoms with E-state index in [1.54, 1.807) is 60.1 Å². The van der Waals surface area contributed by atoms with E-state index < -0.39 is 10.0 Å². The lowest BCUT2D eigenvalue weighted by atomic mass is 10.1. The molecule has 0 unspecified atom stereocenters. The summed E-state index contributed by atoms with van der Waals surface area (Å²) in [5.74, 6) is -0.194. The van der Waals surface area contributed by atoms with Gasteiger partial charge in [0.05, 0.1) is 18.6 Å². The van der Waals surface area contributed by atoms with Gasteiger partial charge in [0.15, 0.2) is 5.03 Å². The second-order valence-corrected chi connectivity index (χ2v) is 10.3. The molecule has 1 aromatic heterocycles. The van der Waals surface area contributed by atoms with Gasteiger partial charge in [0.25, 0.3) is 15.9 Å². The third-order valence-corrected chi connectivity index (χ3v) is 7.47. The van der Waals surface area contributed by atoms with Crippen molar-refractivity contribution in [2.24, 2.45) is 7.05 Å². The van der Waals surface area contributed by atoms with Crippen LogP contribution in [0.4, 0.5) is 5.69 Å². The van der Waals surface area contributed by atoms with Gasteiger partial charge in [0.1, 0.15) is 0 Å². The van der Waals surface area contributed by atoms with E-state index in [1.165, 1.54) is 16.8 Å². The summed E-state index contributed by atoms with van der Waals surface area (Å²) in [4.78, 5) is 16.8. The molecule has 0 saturated heterocycles. The Morgan fingerprint density at radius 3 is 2.56 bits per heavy atom. The lowest BCUT2D eigenvalue weighted by molar-refractivity contribution is 0.0938. The molecule has 1 aliphatic carbocycles. The average Bonchev–Trinajstić information content (AvgIpc) is 3.45. The van der Waals surface area contributed by atoms with Gasteiger partial charge in [-0.3, -0.25) is 9.10 Å². The second-order valence-electron chi connectivity index (χ2n) is 8.02. The smallest absolute Gasteiger partial charge is 0.283 e. The first-order valence-corrected chi connectivity index (χ1v) is 12.3. The fourth-order valence-corrected chi connectivity index (χ4v) is 5.39. The summed E-state index contributed by atoms with van der Waals surface area (Å²) in [6.07, 6.45) is 7.08. The molecule has 0 atom stereocenters. The van der Waals surface area contributed by atoms with E-state index in [-0.39, 0.29) is 23.5 Å². The number of hydrogen-bond acceptors (Lipinski definition) is 4. The van der Waals surface area contributed by atoms with Gasteiger partial charge in [0.2, 0.25) is 0 Å². The van der Waals surface area contributed by atoms with E-state index >= 15 is 0 Å². The number of benzene rings is 2. The maximum atomic E-state index is 13.5. The van der Waals surface area contributed by atoms with Gasteiger partial charge in [-0.25, -0.2) is 4.98 Å². The van der Waals surface area contributed by atoms with Crippen LogP contribution in [0.5, 0.6) is 0 Å². The molecule has 1 aliphatic rings. The van der Waals surface area contributed by atoms with Gasteiger partial charge in [0, 0.05) is 29.9 Å². The topological polar surface area (TPSA) is 84.3 Å². The number of imidazole rings is 1. The third-order valence-electron chi connectivity index (χ3n) is 5.56. The normalized spacial score (nSPS) is 14.4. The van der Waals surface area contributed by atoms with Crippen molar-refractivity contribution in [2.75, 3.05) is 4.31 Å². The summed E-state index contributed by atoms with van der Waals surface area (Å²) in [6, 6.07) is 13.8. The zero-order valence-corrected chi connectivity index (χ0v) is 19.3. The van der Waals surface area contributed by atoms with Gasteiger partial charge < -0.3 is 9.88 Å². The molecule has 0 aliphatic heterocycles. The number of carbonyl (C=O) groups is 1. The Labute approximate surface area is 193 Å². The Hall–Kier alpha value is -2.84. The molecule has 1 N–H and O–H groups in total. The molecule has 1 fully saturated rings. The summed E-state index contributed by atoms with van der Waals surface area (Å²) < 4.78 is 29.9. The fourth-order valence-electron chi connectivity index (χ4n) is 3.85. The zero-order valence-electron chi connectivity index (χ0n) is 17.7. The van der Waals surface area contributed by atoms with Crippen LogP contribution in [0, 0.1) is 0 Å². The molecule has 1 amide bonds. The molecule has 7 nitrogen and oxygen atoms in total. The minimum atomic E-state index is -3.97. The van der Waals surface area contributed by atoms with Crippen LogP contribution in [0.3, 0.4) is 0 Å². The van der Waals surface area contributed by atoms with Crippen LogP contribution >= 0.6 is 11.6 Å². The van der Waals surface area contributed by atoms with Crippen molar-refractivity contribution >= 4 is 33.2 Å². The number of nitrogens with one attached hydrogen (secondary N) is 1. The number of anilines is 1. The van der Waals surface area contributed by atoms with Gasteiger partial charge in [-0.15, -0.1) is 0 Å². The highest BCUT2D eigenvalue weighted by Gasteiger charge is 2.28. The van der Waals surface area contributed by atoms with Crippen LogP contribution in [-0.2, 0) is 23.6 Å². The number of aromatic nitrogens is 2. The van der Waals surface area contributed by atoms with E-state index in [2.05, 4.69) is 10.3 Å². The van der Waals surface area contributed by atoms with Crippen LogP contribution in [0.2, 0.25) is 5.02 Å². The predicted molar refractivity (Wildman–Crippen MR) is 124 cm³/mol. The summed E-state index contributed by atoms with van der Waals surface area (Å²) >= 11 is 5.99. The first-order chi connectivity index (χ1) is 15.3. The Kier molecular flexibility index (Phi) is 6.53. The molecule has 1 saturated carbocycles. The molecule has 3 aromatic rings. The van der Waals surface area contributed by atoms with Crippen molar-refractivity contribution in [3.8, 4) is 0 Å². The first kappa shape index (κ1) is 22.4. The van der Waals surface area contributed by atoms with Gasteiger partial charge in [-0.2, -0.15) is 8.42 Å². The molecular weight excluding hydrogens is 448 g/mol. The molecule has 2 aromatic carbocycles. The van der Waals surface area contributed by atoms with E-state index in [0.29, 0.717) is 16.3 Å². The highest BCUT2D eigenvalue weighted by atomic mass is 35.5. The number of aryl methyl sites for hydroxylation is 1. The Morgan fingerprint density at radius 1 is 1.19 bits per heavy atom. The summed E-state index contributed by atoms with van der Waals surface area (Å²) in [5, 5.41) is 3.56. The number of rotatable bonds is 7. The monoisotopic (exact) mass is 472 g/mol. The van der Waals surface area contributed by atoms with Crippen molar-refractivity contribution in [1.82, 2.24) is 14.9 Å². The average molecular weight is 473 g/mol. The number of hydrogen-bond donors (Lipinski definition) is 1. The van der Waals surface area contributed by atoms with Gasteiger partial charge in [-0.1, -0.05) is 42.6 Å². The zero-order chi connectivity index (χ0) is 22.7. The van der Waals surface area contributed by atoms with Gasteiger partial charge >= 0.3 is 0 Å². The van der Waals surface area contributed by atoms with Gasteiger partial charge in [-0.05, 0) is 48.7 Å². The van der Waals surface area contributed by atoms with E-state index in [4.69, 9.17) is 11.6 Å². The van der Waals surface area contributed by atoms with Crippen molar-refractivity contribution in [3.63, 3.8) is 0 Å². The van der Waals surface area contributed by atoms with E-state index in [1.807, 2.05) is 0 Å². The molecule has 0 spiro atoms. The lowest BCUT2D eigenvalue weighted by Crippen LogP contribution is -2.33. The minimum Gasteiger partial charge on any atom is -0.349 e. The van der Waals surface area contributed by atoms with Crippen molar-refractivity contribution in [2.45, 2.75) is 43.3 Å². The molecule has 0 radical (unpaired) electrons. The number of amides is 1. The van der Waals surface area contributed by atoms with Crippen molar-refractivity contribution < 1.29 is 13.2 Å². The molecule has 4 rings (SSSR count).